The van der Waals surface area contributed by atoms with Gasteiger partial charge < -0.3 is 50.6 Å². The molecule has 0 aliphatic rings. The molecule has 0 radical (unpaired) electrons. The van der Waals surface area contributed by atoms with Crippen LogP contribution < -0.4 is 45.5 Å². The molecule has 0 saturated carbocycles. The van der Waals surface area contributed by atoms with Crippen molar-refractivity contribution in [1.29, 1.82) is 0 Å². The summed E-state index contributed by atoms with van der Waals surface area (Å²) in [5.41, 5.74) is 2.15. The lowest BCUT2D eigenvalue weighted by Gasteiger charge is -2.22. The van der Waals surface area contributed by atoms with Crippen LogP contribution in [0.1, 0.15) is 26.3 Å². The van der Waals surface area contributed by atoms with Gasteiger partial charge in [-0.3, -0.25) is 4.79 Å². The van der Waals surface area contributed by atoms with Crippen LogP contribution in [0.15, 0.2) is 54.6 Å². The molecule has 0 aliphatic carbocycles. The van der Waals surface area contributed by atoms with Crippen LogP contribution in [0.2, 0.25) is 0 Å². The number of para-hydroxylation sites is 1. The molecule has 3 rings (SSSR count). The summed E-state index contributed by atoms with van der Waals surface area (Å²) in [5, 5.41) is 24.8. The van der Waals surface area contributed by atoms with E-state index in [0.29, 0.717) is 81.2 Å². The first-order valence-electron chi connectivity index (χ1n) is 15.0. The summed E-state index contributed by atoms with van der Waals surface area (Å²) in [7, 11) is 7.40. The zero-order chi connectivity index (χ0) is 32.4. The SMILES string of the molecule is CNCCOc1cccc(-c2ccc(CNC(=O)c3ccccc3C(=O)O)c(OCCNC)c2OCCNC)c1OCCNC. The average Bonchev–Trinajstić information content (AvgIpc) is 3.05. The first-order valence-corrected chi connectivity index (χ1v) is 15.0. The third kappa shape index (κ3) is 10.1. The number of amides is 1. The molecule has 1 amide bonds. The Bertz CT molecular complexity index is 1390. The number of carboxylic acid groups (broad SMARTS) is 1. The number of aromatic carboxylic acids is 1. The maximum atomic E-state index is 13.1. The Morgan fingerprint density at radius 3 is 1.73 bits per heavy atom. The Hall–Kier alpha value is -4.36. The molecule has 6 N–H and O–H groups in total. The molecule has 0 spiro atoms. The van der Waals surface area contributed by atoms with Gasteiger partial charge in [0.15, 0.2) is 23.0 Å². The zero-order valence-corrected chi connectivity index (χ0v) is 26.5. The molecule has 0 fully saturated rings. The normalized spacial score (nSPS) is 10.8. The van der Waals surface area contributed by atoms with Gasteiger partial charge in [-0.1, -0.05) is 30.3 Å². The number of ether oxygens (including phenoxy) is 4. The molecule has 0 unspecified atom stereocenters. The molecule has 3 aromatic rings. The van der Waals surface area contributed by atoms with Gasteiger partial charge in [0.25, 0.3) is 5.91 Å². The van der Waals surface area contributed by atoms with Gasteiger partial charge in [0, 0.05) is 49.4 Å². The molecular formula is C33H45N5O7. The van der Waals surface area contributed by atoms with E-state index in [1.165, 1.54) is 12.1 Å². The number of carbonyl (C=O) groups excluding carboxylic acids is 1. The molecule has 0 bridgehead atoms. The van der Waals surface area contributed by atoms with Crippen molar-refractivity contribution in [2.75, 3.05) is 80.8 Å². The lowest BCUT2D eigenvalue weighted by Crippen LogP contribution is -2.25. The van der Waals surface area contributed by atoms with Crippen LogP contribution in [-0.2, 0) is 6.54 Å². The highest BCUT2D eigenvalue weighted by atomic mass is 16.5. The smallest absolute Gasteiger partial charge is 0.336 e. The molecule has 0 aliphatic heterocycles. The molecule has 12 heteroatoms. The van der Waals surface area contributed by atoms with Crippen molar-refractivity contribution >= 4 is 11.9 Å². The van der Waals surface area contributed by atoms with Gasteiger partial charge in [0.05, 0.1) is 11.1 Å². The fraction of sp³-hybridized carbons (Fsp3) is 0.394. The standard InChI is InChI=1S/C33H45N5O7/c1-34-14-18-42-28-11-7-10-24(30(28)44-20-16-36-3)25-13-12-23(29(43-19-15-35-2)31(25)45-21-17-37-4)22-38-32(39)26-8-5-6-9-27(26)33(40)41/h5-13,34-37H,14-22H2,1-4H3,(H,38,39)(H,40,41). The molecule has 0 atom stereocenters. The third-order valence-corrected chi connectivity index (χ3v) is 6.71. The lowest BCUT2D eigenvalue weighted by molar-refractivity contribution is 0.0691. The van der Waals surface area contributed by atoms with E-state index in [1.54, 1.807) is 12.1 Å². The van der Waals surface area contributed by atoms with Crippen molar-refractivity contribution in [1.82, 2.24) is 26.6 Å². The van der Waals surface area contributed by atoms with E-state index in [4.69, 9.17) is 18.9 Å². The van der Waals surface area contributed by atoms with Crippen LogP contribution >= 0.6 is 0 Å². The van der Waals surface area contributed by atoms with E-state index in [9.17, 15) is 14.7 Å². The van der Waals surface area contributed by atoms with Crippen LogP contribution in [0, 0.1) is 0 Å². The average molecular weight is 624 g/mol. The lowest BCUT2D eigenvalue weighted by atomic mass is 9.99. The molecule has 3 aromatic carbocycles. The van der Waals surface area contributed by atoms with Gasteiger partial charge in [-0.2, -0.15) is 0 Å². The maximum Gasteiger partial charge on any atom is 0.336 e. The Morgan fingerprint density at radius 1 is 0.600 bits per heavy atom. The molecule has 45 heavy (non-hydrogen) atoms. The second-order valence-electron chi connectivity index (χ2n) is 9.90. The van der Waals surface area contributed by atoms with Crippen molar-refractivity contribution in [2.24, 2.45) is 0 Å². The van der Waals surface area contributed by atoms with Crippen molar-refractivity contribution in [3.05, 3.63) is 71.3 Å². The Morgan fingerprint density at radius 2 is 1.13 bits per heavy atom. The second kappa shape index (κ2) is 19.1. The number of rotatable bonds is 21. The fourth-order valence-corrected chi connectivity index (χ4v) is 4.41. The van der Waals surface area contributed by atoms with Crippen LogP contribution in [0.4, 0.5) is 0 Å². The van der Waals surface area contributed by atoms with Gasteiger partial charge >= 0.3 is 5.97 Å². The summed E-state index contributed by atoms with van der Waals surface area (Å²) in [6, 6.07) is 15.6. The van der Waals surface area contributed by atoms with E-state index < -0.39 is 11.9 Å². The van der Waals surface area contributed by atoms with Crippen LogP contribution in [-0.4, -0.2) is 97.8 Å². The van der Waals surface area contributed by atoms with E-state index >= 15 is 0 Å². The van der Waals surface area contributed by atoms with Crippen molar-refractivity contribution in [2.45, 2.75) is 6.54 Å². The Kier molecular flexibility index (Phi) is 14.9. The van der Waals surface area contributed by atoms with Crippen molar-refractivity contribution < 1.29 is 33.6 Å². The summed E-state index contributed by atoms with van der Waals surface area (Å²) < 4.78 is 25.0. The van der Waals surface area contributed by atoms with Gasteiger partial charge in [0.2, 0.25) is 0 Å². The number of hydrogen-bond donors (Lipinski definition) is 6. The summed E-state index contributed by atoms with van der Waals surface area (Å²) >= 11 is 0. The van der Waals surface area contributed by atoms with Gasteiger partial charge in [-0.25, -0.2) is 4.79 Å². The van der Waals surface area contributed by atoms with Crippen LogP contribution in [0.25, 0.3) is 11.1 Å². The number of carbonyl (C=O) groups is 2. The quantitative estimate of drug-likeness (QED) is 0.0971. The molecular weight excluding hydrogens is 578 g/mol. The highest BCUT2D eigenvalue weighted by molar-refractivity contribution is 6.04. The molecule has 0 saturated heterocycles. The highest BCUT2D eigenvalue weighted by Crippen LogP contribution is 2.46. The maximum absolute atomic E-state index is 13.1. The van der Waals surface area contributed by atoms with Crippen LogP contribution in [0.3, 0.4) is 0 Å². The first kappa shape index (κ1) is 35.1. The van der Waals surface area contributed by atoms with Crippen molar-refractivity contribution in [3.8, 4) is 34.1 Å². The van der Waals surface area contributed by atoms with Gasteiger partial charge in [-0.15, -0.1) is 0 Å². The molecule has 0 aromatic heterocycles. The Labute approximate surface area is 264 Å². The van der Waals surface area contributed by atoms with Crippen molar-refractivity contribution in [3.63, 3.8) is 0 Å². The van der Waals surface area contributed by atoms with Gasteiger partial charge in [0.1, 0.15) is 26.4 Å². The molecule has 12 nitrogen and oxygen atoms in total. The summed E-state index contributed by atoms with van der Waals surface area (Å²) in [6.45, 7) is 4.09. The summed E-state index contributed by atoms with van der Waals surface area (Å²) in [6.07, 6.45) is 0. The summed E-state index contributed by atoms with van der Waals surface area (Å²) in [5.74, 6) is 0.452. The largest absolute Gasteiger partial charge is 0.488 e. The first-order chi connectivity index (χ1) is 22.0. The van der Waals surface area contributed by atoms with E-state index in [0.717, 1.165) is 11.1 Å². The number of benzene rings is 3. The predicted octanol–water partition coefficient (Wildman–Crippen LogP) is 2.37. The predicted molar refractivity (Wildman–Crippen MR) is 174 cm³/mol. The fourth-order valence-electron chi connectivity index (χ4n) is 4.41. The molecule has 0 heterocycles. The van der Waals surface area contributed by atoms with Crippen LogP contribution in [0.5, 0.6) is 23.0 Å². The number of hydrogen-bond acceptors (Lipinski definition) is 10. The zero-order valence-electron chi connectivity index (χ0n) is 26.5. The minimum absolute atomic E-state index is 0.0724. The molecule has 244 valence electrons. The highest BCUT2D eigenvalue weighted by Gasteiger charge is 2.23. The van der Waals surface area contributed by atoms with E-state index in [-0.39, 0.29) is 17.7 Å². The van der Waals surface area contributed by atoms with E-state index in [2.05, 4.69) is 26.6 Å². The van der Waals surface area contributed by atoms with E-state index in [1.807, 2.05) is 58.5 Å². The number of carboxylic acids is 1. The van der Waals surface area contributed by atoms with Gasteiger partial charge in [-0.05, 0) is 52.5 Å². The minimum Gasteiger partial charge on any atom is -0.488 e. The number of nitrogens with one attached hydrogen (secondary N) is 5. The Balaban J connectivity index is 2.10. The monoisotopic (exact) mass is 623 g/mol. The topological polar surface area (TPSA) is 151 Å². The number of likely N-dealkylation sites (N-methyl/N-ethyl adjacent to an activating group) is 4. The second-order valence-corrected chi connectivity index (χ2v) is 9.90. The third-order valence-electron chi connectivity index (χ3n) is 6.71. The summed E-state index contributed by atoms with van der Waals surface area (Å²) in [4.78, 5) is 24.8. The minimum atomic E-state index is -1.17.